The van der Waals surface area contributed by atoms with Crippen LogP contribution in [0.25, 0.3) is 0 Å². The number of halogens is 2. The third-order valence-electron chi connectivity index (χ3n) is 2.94. The van der Waals surface area contributed by atoms with Crippen molar-refractivity contribution in [1.82, 2.24) is 0 Å². The SMILES string of the molecule is CCOc1cc(CNc2cc(F)ccc2F)ccc1OC. The minimum absolute atomic E-state index is 0.128. The molecule has 0 amide bonds. The van der Waals surface area contributed by atoms with E-state index in [1.807, 2.05) is 19.1 Å². The summed E-state index contributed by atoms with van der Waals surface area (Å²) in [7, 11) is 1.57. The number of ether oxygens (including phenoxy) is 2. The Hall–Kier alpha value is -2.30. The van der Waals surface area contributed by atoms with Gasteiger partial charge in [-0.05, 0) is 42.8 Å². The molecule has 0 spiro atoms. The number of anilines is 1. The molecular weight excluding hydrogens is 276 g/mol. The molecular formula is C16H17F2NO2. The molecule has 1 N–H and O–H groups in total. The summed E-state index contributed by atoms with van der Waals surface area (Å²) < 4.78 is 37.3. The first-order valence-corrected chi connectivity index (χ1v) is 6.62. The van der Waals surface area contributed by atoms with E-state index in [2.05, 4.69) is 5.32 Å². The molecule has 0 aliphatic heterocycles. The van der Waals surface area contributed by atoms with Crippen LogP contribution in [0.5, 0.6) is 11.5 Å². The maximum Gasteiger partial charge on any atom is 0.161 e. The summed E-state index contributed by atoms with van der Waals surface area (Å²) in [6.45, 7) is 2.75. The molecule has 21 heavy (non-hydrogen) atoms. The highest BCUT2D eigenvalue weighted by Crippen LogP contribution is 2.28. The van der Waals surface area contributed by atoms with Gasteiger partial charge in [-0.3, -0.25) is 0 Å². The summed E-state index contributed by atoms with van der Waals surface area (Å²) in [6.07, 6.45) is 0. The predicted octanol–water partition coefficient (Wildman–Crippen LogP) is 3.98. The van der Waals surface area contributed by atoms with E-state index < -0.39 is 11.6 Å². The van der Waals surface area contributed by atoms with Crippen molar-refractivity contribution in [2.24, 2.45) is 0 Å². The molecule has 112 valence electrons. The largest absolute Gasteiger partial charge is 0.493 e. The van der Waals surface area contributed by atoms with Gasteiger partial charge >= 0.3 is 0 Å². The zero-order valence-corrected chi connectivity index (χ0v) is 12.0. The maximum absolute atomic E-state index is 13.5. The van der Waals surface area contributed by atoms with Crippen LogP contribution in [0.15, 0.2) is 36.4 Å². The predicted molar refractivity (Wildman–Crippen MR) is 77.8 cm³/mol. The Morgan fingerprint density at radius 3 is 2.57 bits per heavy atom. The van der Waals surface area contributed by atoms with E-state index in [1.165, 1.54) is 0 Å². The van der Waals surface area contributed by atoms with Crippen LogP contribution in [-0.2, 0) is 6.54 Å². The van der Waals surface area contributed by atoms with Crippen molar-refractivity contribution in [3.63, 3.8) is 0 Å². The summed E-state index contributed by atoms with van der Waals surface area (Å²) in [5, 5.41) is 2.87. The van der Waals surface area contributed by atoms with Crippen molar-refractivity contribution in [1.29, 1.82) is 0 Å². The van der Waals surface area contributed by atoms with Crippen LogP contribution in [0.4, 0.5) is 14.5 Å². The molecule has 2 rings (SSSR count). The van der Waals surface area contributed by atoms with Crippen molar-refractivity contribution in [2.75, 3.05) is 19.0 Å². The Morgan fingerprint density at radius 2 is 1.86 bits per heavy atom. The Balaban J connectivity index is 2.12. The fraction of sp³-hybridized carbons (Fsp3) is 0.250. The van der Waals surface area contributed by atoms with Crippen LogP contribution in [0.2, 0.25) is 0 Å². The molecule has 0 heterocycles. The van der Waals surface area contributed by atoms with E-state index in [4.69, 9.17) is 9.47 Å². The molecule has 0 saturated heterocycles. The lowest BCUT2D eigenvalue weighted by Gasteiger charge is -2.12. The molecule has 0 saturated carbocycles. The Bertz CT molecular complexity index is 617. The quantitative estimate of drug-likeness (QED) is 0.873. The highest BCUT2D eigenvalue weighted by molar-refractivity contribution is 5.47. The second kappa shape index (κ2) is 6.92. The first kappa shape index (κ1) is 15.1. The van der Waals surface area contributed by atoms with E-state index in [9.17, 15) is 8.78 Å². The molecule has 2 aromatic rings. The van der Waals surface area contributed by atoms with Crippen LogP contribution in [0.3, 0.4) is 0 Å². The Kier molecular flexibility index (Phi) is 4.98. The van der Waals surface area contributed by atoms with Gasteiger partial charge in [0.15, 0.2) is 11.5 Å². The van der Waals surface area contributed by atoms with Crippen molar-refractivity contribution in [2.45, 2.75) is 13.5 Å². The lowest BCUT2D eigenvalue weighted by molar-refractivity contribution is 0.310. The molecule has 3 nitrogen and oxygen atoms in total. The van der Waals surface area contributed by atoms with Gasteiger partial charge in [-0.15, -0.1) is 0 Å². The molecule has 0 atom stereocenters. The van der Waals surface area contributed by atoms with Crippen LogP contribution in [-0.4, -0.2) is 13.7 Å². The fourth-order valence-electron chi connectivity index (χ4n) is 1.93. The monoisotopic (exact) mass is 293 g/mol. The van der Waals surface area contributed by atoms with E-state index in [1.54, 1.807) is 13.2 Å². The Labute approximate surface area is 122 Å². The van der Waals surface area contributed by atoms with Gasteiger partial charge in [0, 0.05) is 6.54 Å². The molecule has 5 heteroatoms. The van der Waals surface area contributed by atoms with Gasteiger partial charge < -0.3 is 14.8 Å². The molecule has 0 unspecified atom stereocenters. The first-order valence-electron chi connectivity index (χ1n) is 6.62. The normalized spacial score (nSPS) is 10.3. The summed E-state index contributed by atoms with van der Waals surface area (Å²) in [5.74, 6) is 0.287. The van der Waals surface area contributed by atoms with E-state index in [0.717, 1.165) is 23.8 Å². The molecule has 0 aliphatic rings. The summed E-state index contributed by atoms with van der Waals surface area (Å²) in [4.78, 5) is 0. The summed E-state index contributed by atoms with van der Waals surface area (Å²) in [5.41, 5.74) is 1.01. The summed E-state index contributed by atoms with van der Waals surface area (Å²) >= 11 is 0. The molecule has 0 aromatic heterocycles. The third-order valence-corrected chi connectivity index (χ3v) is 2.94. The number of rotatable bonds is 6. The number of benzene rings is 2. The average Bonchev–Trinajstić information content (AvgIpc) is 2.49. The zero-order valence-electron chi connectivity index (χ0n) is 12.0. The van der Waals surface area contributed by atoms with Gasteiger partial charge in [-0.1, -0.05) is 6.07 Å². The average molecular weight is 293 g/mol. The minimum atomic E-state index is -0.491. The standard InChI is InChI=1S/C16H17F2NO2/c1-3-21-16-8-11(4-7-15(16)20-2)10-19-14-9-12(17)5-6-13(14)18/h4-9,19H,3,10H2,1-2H3. The first-order chi connectivity index (χ1) is 10.1. The van der Waals surface area contributed by atoms with Gasteiger partial charge in [0.2, 0.25) is 0 Å². The maximum atomic E-state index is 13.5. The van der Waals surface area contributed by atoms with Gasteiger partial charge in [0.05, 0.1) is 19.4 Å². The highest BCUT2D eigenvalue weighted by atomic mass is 19.1. The third kappa shape index (κ3) is 3.84. The van der Waals surface area contributed by atoms with Crippen LogP contribution < -0.4 is 14.8 Å². The number of hydrogen-bond donors (Lipinski definition) is 1. The molecule has 0 fully saturated rings. The van der Waals surface area contributed by atoms with Gasteiger partial charge in [-0.2, -0.15) is 0 Å². The van der Waals surface area contributed by atoms with Crippen molar-refractivity contribution in [3.8, 4) is 11.5 Å². The van der Waals surface area contributed by atoms with Gasteiger partial charge in [0.25, 0.3) is 0 Å². The number of hydrogen-bond acceptors (Lipinski definition) is 3. The second-order valence-corrected chi connectivity index (χ2v) is 4.40. The molecule has 0 bridgehead atoms. The zero-order chi connectivity index (χ0) is 15.2. The second-order valence-electron chi connectivity index (χ2n) is 4.40. The minimum Gasteiger partial charge on any atom is -0.493 e. The highest BCUT2D eigenvalue weighted by Gasteiger charge is 2.07. The molecule has 0 radical (unpaired) electrons. The van der Waals surface area contributed by atoms with Gasteiger partial charge in [-0.25, -0.2) is 8.78 Å². The van der Waals surface area contributed by atoms with E-state index in [0.29, 0.717) is 24.7 Å². The number of methoxy groups -OCH3 is 1. The van der Waals surface area contributed by atoms with Crippen LogP contribution >= 0.6 is 0 Å². The van der Waals surface area contributed by atoms with E-state index >= 15 is 0 Å². The summed E-state index contributed by atoms with van der Waals surface area (Å²) in [6, 6.07) is 8.74. The van der Waals surface area contributed by atoms with Crippen LogP contribution in [0.1, 0.15) is 12.5 Å². The lowest BCUT2D eigenvalue weighted by Crippen LogP contribution is -2.03. The molecule has 2 aromatic carbocycles. The Morgan fingerprint density at radius 1 is 1.05 bits per heavy atom. The topological polar surface area (TPSA) is 30.5 Å². The van der Waals surface area contributed by atoms with E-state index in [-0.39, 0.29) is 5.69 Å². The van der Waals surface area contributed by atoms with Crippen LogP contribution in [0, 0.1) is 11.6 Å². The fourth-order valence-corrected chi connectivity index (χ4v) is 1.93. The van der Waals surface area contributed by atoms with Crippen molar-refractivity contribution >= 4 is 5.69 Å². The lowest BCUT2D eigenvalue weighted by atomic mass is 10.2. The van der Waals surface area contributed by atoms with Crippen molar-refractivity contribution < 1.29 is 18.3 Å². The van der Waals surface area contributed by atoms with Crippen molar-refractivity contribution in [3.05, 3.63) is 53.6 Å². The number of nitrogens with one attached hydrogen (secondary N) is 1. The molecule has 0 aliphatic carbocycles. The smallest absolute Gasteiger partial charge is 0.161 e. The van der Waals surface area contributed by atoms with Gasteiger partial charge in [0.1, 0.15) is 11.6 Å².